The van der Waals surface area contributed by atoms with E-state index < -0.39 is 5.97 Å². The zero-order valence-electron chi connectivity index (χ0n) is 12.1. The Labute approximate surface area is 128 Å². The van der Waals surface area contributed by atoms with Crippen molar-refractivity contribution in [2.75, 3.05) is 0 Å². The average molecular weight is 301 g/mol. The molecule has 0 radical (unpaired) electrons. The molecule has 4 heteroatoms. The van der Waals surface area contributed by atoms with Crippen molar-refractivity contribution in [1.82, 2.24) is 4.98 Å². The monoisotopic (exact) mass is 301 g/mol. The van der Waals surface area contributed by atoms with Crippen molar-refractivity contribution < 1.29 is 9.90 Å². The maximum Gasteiger partial charge on any atom is 0.354 e. The van der Waals surface area contributed by atoms with Crippen LogP contribution < -0.4 is 0 Å². The second kappa shape index (κ2) is 6.06. The Morgan fingerprint density at radius 2 is 2.14 bits per heavy atom. The number of fused-ring (bicyclic) bond motifs is 1. The van der Waals surface area contributed by atoms with Gasteiger partial charge in [0.1, 0.15) is 5.69 Å². The second-order valence-corrected chi connectivity index (χ2v) is 7.18. The molecule has 0 spiro atoms. The van der Waals surface area contributed by atoms with Crippen LogP contribution in [0.15, 0.2) is 35.2 Å². The molecule has 1 fully saturated rings. The Morgan fingerprint density at radius 1 is 1.33 bits per heavy atom. The number of aromatic carboxylic acids is 1. The molecule has 1 aliphatic carbocycles. The van der Waals surface area contributed by atoms with Crippen LogP contribution in [0.3, 0.4) is 0 Å². The number of aromatic nitrogens is 1. The highest BCUT2D eigenvalue weighted by atomic mass is 32.2. The van der Waals surface area contributed by atoms with Crippen molar-refractivity contribution >= 4 is 28.6 Å². The minimum absolute atomic E-state index is 0.139. The zero-order valence-corrected chi connectivity index (χ0v) is 12.9. The van der Waals surface area contributed by atoms with E-state index in [1.54, 1.807) is 6.07 Å². The molecule has 3 nitrogen and oxygen atoms in total. The molecule has 1 heterocycles. The number of pyridine rings is 1. The van der Waals surface area contributed by atoms with Gasteiger partial charge in [0.15, 0.2) is 0 Å². The van der Waals surface area contributed by atoms with E-state index in [1.165, 1.54) is 25.7 Å². The fraction of sp³-hybridized carbons (Fsp3) is 0.412. The van der Waals surface area contributed by atoms with Gasteiger partial charge >= 0.3 is 5.97 Å². The van der Waals surface area contributed by atoms with E-state index in [0.29, 0.717) is 5.25 Å². The number of thioether (sulfide) groups is 1. The van der Waals surface area contributed by atoms with Crippen molar-refractivity contribution in [2.24, 2.45) is 5.92 Å². The fourth-order valence-electron chi connectivity index (χ4n) is 3.02. The van der Waals surface area contributed by atoms with Gasteiger partial charge in [0.25, 0.3) is 0 Å². The van der Waals surface area contributed by atoms with Crippen LogP contribution in [-0.2, 0) is 0 Å². The van der Waals surface area contributed by atoms with E-state index >= 15 is 0 Å². The molecule has 0 saturated heterocycles. The van der Waals surface area contributed by atoms with Crippen LogP contribution in [0.4, 0.5) is 0 Å². The Bertz CT molecular complexity index is 671. The summed E-state index contributed by atoms with van der Waals surface area (Å²) in [5.41, 5.74) is 0.906. The molecular weight excluding hydrogens is 282 g/mol. The molecule has 0 bridgehead atoms. The number of carbonyl (C=O) groups is 1. The van der Waals surface area contributed by atoms with Crippen LogP contribution in [0, 0.1) is 5.92 Å². The van der Waals surface area contributed by atoms with Gasteiger partial charge in [-0.25, -0.2) is 9.78 Å². The molecule has 1 aromatic heterocycles. The lowest BCUT2D eigenvalue weighted by atomic mass is 9.91. The van der Waals surface area contributed by atoms with E-state index in [4.69, 9.17) is 0 Å². The summed E-state index contributed by atoms with van der Waals surface area (Å²) < 4.78 is 0. The van der Waals surface area contributed by atoms with E-state index in [1.807, 2.05) is 36.0 Å². The summed E-state index contributed by atoms with van der Waals surface area (Å²) in [4.78, 5) is 16.6. The van der Waals surface area contributed by atoms with Gasteiger partial charge in [0, 0.05) is 15.5 Å². The molecule has 1 aromatic carbocycles. The Hall–Kier alpha value is -1.55. The Balaban J connectivity index is 1.97. The molecule has 1 aliphatic rings. The minimum Gasteiger partial charge on any atom is -0.477 e. The summed E-state index contributed by atoms with van der Waals surface area (Å²) in [6.45, 7) is 2.31. The van der Waals surface area contributed by atoms with Gasteiger partial charge in [0.2, 0.25) is 0 Å². The lowest BCUT2D eigenvalue weighted by molar-refractivity contribution is 0.0690. The smallest absolute Gasteiger partial charge is 0.354 e. The van der Waals surface area contributed by atoms with Crippen molar-refractivity contribution in [3.8, 4) is 0 Å². The highest BCUT2D eigenvalue weighted by Gasteiger charge is 2.21. The molecule has 0 aliphatic heterocycles. The predicted octanol–water partition coefficient (Wildman–Crippen LogP) is 4.60. The van der Waals surface area contributed by atoms with Gasteiger partial charge in [0.05, 0.1) is 5.52 Å². The van der Waals surface area contributed by atoms with Gasteiger partial charge in [-0.3, -0.25) is 0 Å². The van der Waals surface area contributed by atoms with Crippen molar-refractivity contribution in [1.29, 1.82) is 0 Å². The van der Waals surface area contributed by atoms with Gasteiger partial charge < -0.3 is 5.11 Å². The number of para-hydroxylation sites is 1. The SMILES string of the molecule is CC1CCCC(Sc2cc(C(=O)O)nc3ccccc23)C1. The standard InChI is InChI=1S/C17H19NO2S/c1-11-5-4-6-12(9-11)21-16-10-15(17(19)20)18-14-8-3-2-7-13(14)16/h2-3,7-8,10-12H,4-6,9H2,1H3,(H,19,20). The molecule has 2 aromatic rings. The summed E-state index contributed by atoms with van der Waals surface area (Å²) in [5, 5.41) is 10.9. The topological polar surface area (TPSA) is 50.2 Å². The summed E-state index contributed by atoms with van der Waals surface area (Å²) in [6, 6.07) is 9.53. The first-order chi connectivity index (χ1) is 10.1. The molecular formula is C17H19NO2S. The third kappa shape index (κ3) is 3.21. The summed E-state index contributed by atoms with van der Waals surface area (Å²) in [7, 11) is 0. The summed E-state index contributed by atoms with van der Waals surface area (Å²) in [5.74, 6) is -0.192. The molecule has 2 unspecified atom stereocenters. The van der Waals surface area contributed by atoms with Crippen LogP contribution in [-0.4, -0.2) is 21.3 Å². The lowest BCUT2D eigenvalue weighted by Gasteiger charge is -2.26. The third-order valence-electron chi connectivity index (χ3n) is 4.08. The summed E-state index contributed by atoms with van der Waals surface area (Å²) in [6.07, 6.45) is 5.01. The first-order valence-electron chi connectivity index (χ1n) is 7.43. The number of rotatable bonds is 3. The highest BCUT2D eigenvalue weighted by Crippen LogP contribution is 2.38. The minimum atomic E-state index is -0.959. The van der Waals surface area contributed by atoms with Gasteiger partial charge in [-0.05, 0) is 30.9 Å². The molecule has 3 rings (SSSR count). The largest absolute Gasteiger partial charge is 0.477 e. The first-order valence-corrected chi connectivity index (χ1v) is 8.31. The third-order valence-corrected chi connectivity index (χ3v) is 5.43. The zero-order chi connectivity index (χ0) is 14.8. The number of carboxylic acids is 1. The van der Waals surface area contributed by atoms with E-state index in [-0.39, 0.29) is 5.69 Å². The second-order valence-electron chi connectivity index (χ2n) is 5.84. The quantitative estimate of drug-likeness (QED) is 0.900. The number of benzene rings is 1. The number of hydrogen-bond acceptors (Lipinski definition) is 3. The lowest BCUT2D eigenvalue weighted by Crippen LogP contribution is -2.15. The molecule has 0 amide bonds. The summed E-state index contributed by atoms with van der Waals surface area (Å²) >= 11 is 1.83. The van der Waals surface area contributed by atoms with E-state index in [0.717, 1.165) is 21.7 Å². The van der Waals surface area contributed by atoms with Crippen molar-refractivity contribution in [2.45, 2.75) is 42.8 Å². The van der Waals surface area contributed by atoms with Crippen molar-refractivity contribution in [3.63, 3.8) is 0 Å². The van der Waals surface area contributed by atoms with Gasteiger partial charge in [-0.15, -0.1) is 11.8 Å². The van der Waals surface area contributed by atoms with Crippen LogP contribution in [0.1, 0.15) is 43.1 Å². The maximum absolute atomic E-state index is 11.3. The number of carboxylic acid groups (broad SMARTS) is 1. The number of hydrogen-bond donors (Lipinski definition) is 1. The average Bonchev–Trinajstić information content (AvgIpc) is 2.47. The van der Waals surface area contributed by atoms with Crippen LogP contribution in [0.5, 0.6) is 0 Å². The number of nitrogens with zero attached hydrogens (tertiary/aromatic N) is 1. The normalized spacial score (nSPS) is 22.3. The van der Waals surface area contributed by atoms with E-state index in [2.05, 4.69) is 11.9 Å². The Morgan fingerprint density at radius 3 is 2.90 bits per heavy atom. The van der Waals surface area contributed by atoms with Gasteiger partial charge in [-0.2, -0.15) is 0 Å². The molecule has 21 heavy (non-hydrogen) atoms. The molecule has 110 valence electrons. The Kier molecular flexibility index (Phi) is 4.15. The molecule has 2 atom stereocenters. The predicted molar refractivity (Wildman–Crippen MR) is 86.0 cm³/mol. The van der Waals surface area contributed by atoms with Crippen LogP contribution >= 0.6 is 11.8 Å². The highest BCUT2D eigenvalue weighted by molar-refractivity contribution is 8.00. The molecule has 1 N–H and O–H groups in total. The van der Waals surface area contributed by atoms with Crippen molar-refractivity contribution in [3.05, 3.63) is 36.0 Å². The van der Waals surface area contributed by atoms with E-state index in [9.17, 15) is 9.90 Å². The fourth-order valence-corrected chi connectivity index (χ4v) is 4.56. The maximum atomic E-state index is 11.3. The first kappa shape index (κ1) is 14.4. The molecule has 1 saturated carbocycles. The van der Waals surface area contributed by atoms with Crippen LogP contribution in [0.25, 0.3) is 10.9 Å². The van der Waals surface area contributed by atoms with Crippen LogP contribution in [0.2, 0.25) is 0 Å². The van der Waals surface area contributed by atoms with Gasteiger partial charge in [-0.1, -0.05) is 38.0 Å².